The highest BCUT2D eigenvalue weighted by Crippen LogP contribution is 2.69. The molecule has 2 amide bonds. The molecule has 6 unspecified atom stereocenters. The predicted molar refractivity (Wildman–Crippen MR) is 172 cm³/mol. The zero-order valence-corrected chi connectivity index (χ0v) is 26.9. The molecule has 1 saturated heterocycles. The number of carbonyl (C=O) groups is 2. The van der Waals surface area contributed by atoms with Gasteiger partial charge in [0.1, 0.15) is 12.4 Å². The number of nitrogens with zero attached hydrogens (tertiary/aromatic N) is 1. The summed E-state index contributed by atoms with van der Waals surface area (Å²) >= 11 is 12.7. The van der Waals surface area contributed by atoms with Crippen LogP contribution in [0.25, 0.3) is 0 Å². The number of carbonyl (C=O) groups excluding carboxylic acids is 2. The van der Waals surface area contributed by atoms with Crippen molar-refractivity contribution in [3.05, 3.63) is 107 Å². The molecule has 7 atom stereocenters. The molecular formula is C33H26BrClN2O4S2. The van der Waals surface area contributed by atoms with Gasteiger partial charge in [0.15, 0.2) is 0 Å². The molecule has 1 aromatic heterocycles. The lowest BCUT2D eigenvalue weighted by Gasteiger charge is -2.43. The summed E-state index contributed by atoms with van der Waals surface area (Å²) in [4.78, 5) is 46.0. The first kappa shape index (κ1) is 27.7. The number of anilines is 1. The highest BCUT2D eigenvalue weighted by atomic mass is 79.9. The number of benzene rings is 3. The molecule has 6 nitrogen and oxygen atoms in total. The van der Waals surface area contributed by atoms with Crippen molar-refractivity contribution in [2.45, 2.75) is 36.1 Å². The van der Waals surface area contributed by atoms with Gasteiger partial charge in [0.05, 0.1) is 22.5 Å². The topological polar surface area (TPSA) is 79.5 Å². The number of amides is 2. The van der Waals surface area contributed by atoms with Gasteiger partial charge in [-0.3, -0.25) is 19.3 Å². The number of nitrogens with one attached hydrogen (secondary N) is 1. The van der Waals surface area contributed by atoms with Gasteiger partial charge in [0.2, 0.25) is 11.8 Å². The van der Waals surface area contributed by atoms with Gasteiger partial charge in [-0.25, -0.2) is 0 Å². The first-order valence-corrected chi connectivity index (χ1v) is 17.2. The van der Waals surface area contributed by atoms with Crippen molar-refractivity contribution < 1.29 is 14.3 Å². The third kappa shape index (κ3) is 4.37. The van der Waals surface area contributed by atoms with Crippen LogP contribution < -0.4 is 14.5 Å². The Morgan fingerprint density at radius 2 is 1.77 bits per heavy atom. The maximum atomic E-state index is 14.0. The van der Waals surface area contributed by atoms with Crippen LogP contribution in [0.3, 0.4) is 0 Å². The summed E-state index contributed by atoms with van der Waals surface area (Å²) in [7, 11) is 0. The van der Waals surface area contributed by atoms with Crippen LogP contribution in [0.1, 0.15) is 33.9 Å². The van der Waals surface area contributed by atoms with Gasteiger partial charge in [-0.05, 0) is 79.1 Å². The van der Waals surface area contributed by atoms with Crippen LogP contribution in [0.5, 0.6) is 5.75 Å². The number of ether oxygens (including phenoxy) is 1. The molecule has 10 heteroatoms. The van der Waals surface area contributed by atoms with Crippen molar-refractivity contribution in [1.82, 2.24) is 4.98 Å². The fourth-order valence-corrected chi connectivity index (χ4v) is 11.5. The molecule has 4 aliphatic rings. The van der Waals surface area contributed by atoms with Gasteiger partial charge >= 0.3 is 4.87 Å². The number of fused-ring (bicyclic) bond motifs is 9. The van der Waals surface area contributed by atoms with E-state index in [-0.39, 0.29) is 57.4 Å². The summed E-state index contributed by atoms with van der Waals surface area (Å²) in [6.45, 7) is 2.48. The number of H-pyrrole nitrogens is 1. The van der Waals surface area contributed by atoms with Crippen molar-refractivity contribution in [2.24, 2.45) is 29.6 Å². The largest absolute Gasteiger partial charge is 0.489 e. The summed E-state index contributed by atoms with van der Waals surface area (Å²) in [6, 6.07) is 21.2. The maximum Gasteiger partial charge on any atom is 0.305 e. The standard InChI is InChI=1S/C33H26BrClN2O4S2/c1-15-3-2-4-16(11-15)14-41-23-10-5-17(34)12-20(23)24-25-21-13-22(28(25)42-30-29(24)43-33(40)36-30)27-26(21)31(38)37(32(27)39)19-8-6-18(35)7-9-19/h2-12,21-22,24-28H,13-14H2,1H3,(H,36,40)/t21?,22?,24-,25?,26?,27?,28?/m1/s1. The van der Waals surface area contributed by atoms with E-state index in [4.69, 9.17) is 16.3 Å². The van der Waals surface area contributed by atoms with Crippen molar-refractivity contribution in [1.29, 1.82) is 0 Å². The molecule has 0 spiro atoms. The van der Waals surface area contributed by atoms with Crippen LogP contribution in [0, 0.1) is 36.5 Å². The van der Waals surface area contributed by atoms with E-state index in [1.807, 2.05) is 18.2 Å². The van der Waals surface area contributed by atoms with Crippen LogP contribution in [0.2, 0.25) is 5.02 Å². The Morgan fingerprint density at radius 1 is 1.00 bits per heavy atom. The number of halogens is 2. The van der Waals surface area contributed by atoms with Crippen LogP contribution >= 0.6 is 50.6 Å². The molecule has 2 aliphatic heterocycles. The quantitative estimate of drug-likeness (QED) is 0.220. The monoisotopic (exact) mass is 692 g/mol. The molecule has 2 aliphatic carbocycles. The minimum absolute atomic E-state index is 0.0141. The van der Waals surface area contributed by atoms with E-state index in [2.05, 4.69) is 52.1 Å². The van der Waals surface area contributed by atoms with Crippen LogP contribution in [-0.4, -0.2) is 22.0 Å². The number of aryl methyl sites for hydroxylation is 1. The van der Waals surface area contributed by atoms with Crippen LogP contribution in [-0.2, 0) is 16.2 Å². The van der Waals surface area contributed by atoms with Gasteiger partial charge in [-0.15, -0.1) is 11.8 Å². The lowest BCUT2D eigenvalue weighted by atomic mass is 9.68. The Bertz CT molecular complexity index is 1860. The van der Waals surface area contributed by atoms with E-state index in [0.717, 1.165) is 37.7 Å². The SMILES string of the molecule is Cc1cccc(COc2ccc(Br)cc2[C@H]2c3sc(=O)[nH]c3SC3C4CC(C5C(=O)N(c6ccc(Cl)cc6)C(=O)C45)C32)c1. The van der Waals surface area contributed by atoms with E-state index in [9.17, 15) is 14.4 Å². The van der Waals surface area contributed by atoms with Gasteiger partial charge in [-0.2, -0.15) is 0 Å². The summed E-state index contributed by atoms with van der Waals surface area (Å²) in [5.74, 6) is -0.205. The molecule has 1 N–H and O–H groups in total. The maximum absolute atomic E-state index is 14.0. The summed E-state index contributed by atoms with van der Waals surface area (Å²) in [6.07, 6.45) is 0.826. The van der Waals surface area contributed by atoms with Crippen molar-refractivity contribution in [3.8, 4) is 5.75 Å². The fourth-order valence-electron chi connectivity index (χ4n) is 8.07. The zero-order valence-electron chi connectivity index (χ0n) is 23.0. The van der Waals surface area contributed by atoms with Gasteiger partial charge in [0, 0.05) is 31.1 Å². The van der Waals surface area contributed by atoms with Gasteiger partial charge in [0.25, 0.3) is 0 Å². The molecule has 0 radical (unpaired) electrons. The smallest absolute Gasteiger partial charge is 0.305 e. The summed E-state index contributed by atoms with van der Waals surface area (Å²) < 4.78 is 7.42. The van der Waals surface area contributed by atoms with Crippen LogP contribution in [0.4, 0.5) is 5.69 Å². The number of thiazole rings is 1. The number of imide groups is 1. The molecule has 218 valence electrons. The number of hydrogen-bond acceptors (Lipinski definition) is 6. The van der Waals surface area contributed by atoms with E-state index in [1.54, 1.807) is 36.0 Å². The normalized spacial score (nSPS) is 28.6. The average molecular weight is 694 g/mol. The van der Waals surface area contributed by atoms with E-state index >= 15 is 0 Å². The summed E-state index contributed by atoms with van der Waals surface area (Å²) in [5.41, 5.74) is 3.83. The molecule has 3 heterocycles. The lowest BCUT2D eigenvalue weighted by molar-refractivity contribution is -0.123. The second kappa shape index (κ2) is 10.4. The number of rotatable bonds is 5. The molecule has 8 rings (SSSR count). The first-order chi connectivity index (χ1) is 20.8. The van der Waals surface area contributed by atoms with Crippen molar-refractivity contribution in [2.75, 3.05) is 4.90 Å². The third-order valence-corrected chi connectivity index (χ3v) is 12.9. The molecule has 43 heavy (non-hydrogen) atoms. The molecule has 3 aromatic carbocycles. The predicted octanol–water partition coefficient (Wildman–Crippen LogP) is 7.42. The molecule has 3 fully saturated rings. The Kier molecular flexibility index (Phi) is 6.67. The van der Waals surface area contributed by atoms with E-state index in [1.165, 1.54) is 21.8 Å². The molecular weight excluding hydrogens is 668 g/mol. The summed E-state index contributed by atoms with van der Waals surface area (Å²) in [5, 5.41) is 1.53. The lowest BCUT2D eigenvalue weighted by Crippen LogP contribution is -2.42. The van der Waals surface area contributed by atoms with Crippen LogP contribution in [0.15, 0.2) is 81.0 Å². The fraction of sp³-hybridized carbons (Fsp3) is 0.303. The number of aromatic amines is 1. The Morgan fingerprint density at radius 3 is 2.53 bits per heavy atom. The Hall–Kier alpha value is -2.85. The molecule has 2 bridgehead atoms. The Balaban J connectivity index is 1.20. The number of thioether (sulfide) groups is 1. The van der Waals surface area contributed by atoms with Gasteiger partial charge < -0.3 is 9.72 Å². The highest BCUT2D eigenvalue weighted by molar-refractivity contribution is 9.10. The number of aromatic nitrogens is 1. The Labute approximate surface area is 269 Å². The highest BCUT2D eigenvalue weighted by Gasteiger charge is 2.69. The number of hydrogen-bond donors (Lipinski definition) is 1. The van der Waals surface area contributed by atoms with E-state index in [0.29, 0.717) is 17.3 Å². The average Bonchev–Trinajstić information content (AvgIpc) is 3.72. The minimum atomic E-state index is -0.376. The second-order valence-corrected chi connectivity index (χ2v) is 15.5. The molecule has 2 saturated carbocycles. The molecule has 4 aromatic rings. The van der Waals surface area contributed by atoms with Gasteiger partial charge in [-0.1, -0.05) is 68.7 Å². The first-order valence-electron chi connectivity index (χ1n) is 14.3. The van der Waals surface area contributed by atoms with Crippen molar-refractivity contribution in [3.63, 3.8) is 0 Å². The van der Waals surface area contributed by atoms with Crippen molar-refractivity contribution >= 4 is 68.1 Å². The second-order valence-electron chi connectivity index (χ2n) is 11.9. The third-order valence-electron chi connectivity index (χ3n) is 9.59. The minimum Gasteiger partial charge on any atom is -0.489 e. The van der Waals surface area contributed by atoms with E-state index < -0.39 is 0 Å². The zero-order chi connectivity index (χ0) is 29.6.